The lowest BCUT2D eigenvalue weighted by Gasteiger charge is -2.46. The van der Waals surface area contributed by atoms with Crippen LogP contribution in [0.15, 0.2) is 54.6 Å². The molecule has 0 unspecified atom stereocenters. The topological polar surface area (TPSA) is 39.6 Å². The number of hydrogen-bond donors (Lipinski definition) is 1. The van der Waals surface area contributed by atoms with E-state index >= 15 is 0 Å². The number of fused-ring (bicyclic) bond motifs is 4. The molecule has 0 aromatic heterocycles. The molecule has 4 heteroatoms. The van der Waals surface area contributed by atoms with Gasteiger partial charge in [0.25, 0.3) is 6.02 Å². The molecule has 4 nitrogen and oxygen atoms in total. The van der Waals surface area contributed by atoms with Gasteiger partial charge in [0, 0.05) is 13.1 Å². The van der Waals surface area contributed by atoms with Crippen molar-refractivity contribution >= 4 is 6.02 Å². The minimum atomic E-state index is 0.0599. The van der Waals surface area contributed by atoms with Gasteiger partial charge in [-0.3, -0.25) is 10.3 Å². The van der Waals surface area contributed by atoms with Gasteiger partial charge in [-0.2, -0.15) is 0 Å². The van der Waals surface area contributed by atoms with Crippen molar-refractivity contribution in [2.45, 2.75) is 31.4 Å². The van der Waals surface area contributed by atoms with Crippen LogP contribution in [0.3, 0.4) is 0 Å². The van der Waals surface area contributed by atoms with Crippen molar-refractivity contribution in [3.63, 3.8) is 0 Å². The van der Waals surface area contributed by atoms with Crippen LogP contribution in [0.25, 0.3) is 0 Å². The molecule has 140 valence electrons. The van der Waals surface area contributed by atoms with Crippen molar-refractivity contribution in [3.8, 4) is 0 Å². The van der Waals surface area contributed by atoms with Crippen molar-refractivity contribution in [3.05, 3.63) is 71.3 Å². The zero-order chi connectivity index (χ0) is 18.2. The highest BCUT2D eigenvalue weighted by Crippen LogP contribution is 2.36. The first-order valence-electron chi connectivity index (χ1n) is 10.2. The van der Waals surface area contributed by atoms with Gasteiger partial charge in [-0.1, -0.05) is 54.6 Å². The Morgan fingerprint density at radius 3 is 2.41 bits per heavy atom. The second-order valence-corrected chi connectivity index (χ2v) is 8.05. The Balaban J connectivity index is 1.43. The van der Waals surface area contributed by atoms with Crippen LogP contribution in [0.2, 0.25) is 0 Å². The highest BCUT2D eigenvalue weighted by atomic mass is 16.5. The fourth-order valence-corrected chi connectivity index (χ4v) is 5.04. The van der Waals surface area contributed by atoms with Crippen LogP contribution in [0.5, 0.6) is 0 Å². The van der Waals surface area contributed by atoms with Gasteiger partial charge in [-0.05, 0) is 55.0 Å². The van der Waals surface area contributed by atoms with E-state index in [0.29, 0.717) is 11.9 Å². The van der Waals surface area contributed by atoms with Gasteiger partial charge in [0.1, 0.15) is 6.10 Å². The summed E-state index contributed by atoms with van der Waals surface area (Å²) in [6.07, 6.45) is 3.56. The van der Waals surface area contributed by atoms with Crippen molar-refractivity contribution in [1.29, 1.82) is 5.41 Å². The summed E-state index contributed by atoms with van der Waals surface area (Å²) in [5.74, 6) is 0.614. The van der Waals surface area contributed by atoms with E-state index in [0.717, 1.165) is 19.5 Å². The van der Waals surface area contributed by atoms with Gasteiger partial charge in [-0.25, -0.2) is 0 Å². The summed E-state index contributed by atoms with van der Waals surface area (Å²) in [7, 11) is 0. The van der Waals surface area contributed by atoms with Crippen molar-refractivity contribution in [1.82, 2.24) is 9.80 Å². The van der Waals surface area contributed by atoms with E-state index in [1.54, 1.807) is 0 Å². The van der Waals surface area contributed by atoms with Crippen molar-refractivity contribution in [2.75, 3.05) is 26.2 Å². The molecular weight excluding hydrogens is 334 g/mol. The maximum Gasteiger partial charge on any atom is 0.285 e. The van der Waals surface area contributed by atoms with E-state index in [1.807, 2.05) is 0 Å². The molecule has 1 N–H and O–H groups in total. The van der Waals surface area contributed by atoms with Crippen LogP contribution in [0.4, 0.5) is 0 Å². The number of rotatable bonds is 2. The Labute approximate surface area is 161 Å². The highest BCUT2D eigenvalue weighted by Gasteiger charge is 2.38. The molecule has 0 saturated carbocycles. The second kappa shape index (κ2) is 7.01. The fourth-order valence-electron chi connectivity index (χ4n) is 5.04. The number of ether oxygens (including phenoxy) is 1. The number of nitrogens with one attached hydrogen (secondary N) is 1. The van der Waals surface area contributed by atoms with Crippen LogP contribution < -0.4 is 0 Å². The number of amidine groups is 1. The predicted octanol–water partition coefficient (Wildman–Crippen LogP) is 3.68. The Bertz CT molecular complexity index is 813. The summed E-state index contributed by atoms with van der Waals surface area (Å²) < 4.78 is 6.30. The van der Waals surface area contributed by atoms with Gasteiger partial charge in [0.2, 0.25) is 0 Å². The average molecular weight is 361 g/mol. The number of hydrogen-bond acceptors (Lipinski definition) is 3. The summed E-state index contributed by atoms with van der Waals surface area (Å²) in [5.41, 5.74) is 3.92. The fraction of sp³-hybridized carbons (Fsp3) is 0.435. The molecule has 3 fully saturated rings. The highest BCUT2D eigenvalue weighted by molar-refractivity contribution is 5.72. The van der Waals surface area contributed by atoms with Gasteiger partial charge < -0.3 is 9.64 Å². The molecule has 4 aliphatic rings. The van der Waals surface area contributed by atoms with E-state index in [4.69, 9.17) is 10.1 Å². The Kier molecular flexibility index (Phi) is 4.36. The lowest BCUT2D eigenvalue weighted by Crippen LogP contribution is -2.53. The first kappa shape index (κ1) is 16.8. The quantitative estimate of drug-likeness (QED) is 0.655. The molecule has 0 spiro atoms. The lowest BCUT2D eigenvalue weighted by atomic mass is 9.86. The standard InChI is InChI=1S/C23H27N3O/c24-23(27-21-16-25-13-10-18(21)11-14-25)26-15-12-17-6-4-5-9-20(17)22(26)19-7-2-1-3-8-19/h1-9,18,21-22,24H,10-16H2/t21-,22+/m0/s1. The first-order valence-corrected chi connectivity index (χ1v) is 10.2. The summed E-state index contributed by atoms with van der Waals surface area (Å²) in [5, 5.41) is 8.81. The van der Waals surface area contributed by atoms with Gasteiger partial charge in [-0.15, -0.1) is 0 Å². The number of nitrogens with zero attached hydrogens (tertiary/aromatic N) is 2. The number of benzene rings is 2. The van der Waals surface area contributed by atoms with Crippen LogP contribution in [-0.4, -0.2) is 48.1 Å². The molecule has 0 aliphatic carbocycles. The Morgan fingerprint density at radius 1 is 0.926 bits per heavy atom. The van der Waals surface area contributed by atoms with Gasteiger partial charge in [0.15, 0.2) is 0 Å². The summed E-state index contributed by atoms with van der Waals surface area (Å²) in [6.45, 7) is 4.20. The van der Waals surface area contributed by atoms with Crippen molar-refractivity contribution in [2.24, 2.45) is 5.92 Å². The predicted molar refractivity (Wildman–Crippen MR) is 107 cm³/mol. The first-order chi connectivity index (χ1) is 13.3. The molecule has 2 aromatic carbocycles. The normalized spacial score (nSPS) is 29.3. The van der Waals surface area contributed by atoms with Crippen LogP contribution in [0.1, 0.15) is 35.6 Å². The van der Waals surface area contributed by atoms with E-state index < -0.39 is 0 Å². The van der Waals surface area contributed by atoms with E-state index in [2.05, 4.69) is 64.4 Å². The maximum absolute atomic E-state index is 8.81. The molecule has 6 rings (SSSR count). The number of piperidine rings is 3. The zero-order valence-electron chi connectivity index (χ0n) is 15.7. The largest absolute Gasteiger partial charge is 0.460 e. The van der Waals surface area contributed by atoms with Crippen LogP contribution >= 0.6 is 0 Å². The SMILES string of the molecule is N=C(O[C@H]1CN2CCC1CC2)N1CCc2ccccc2[C@H]1c1ccccc1. The van der Waals surface area contributed by atoms with E-state index in [-0.39, 0.29) is 12.1 Å². The molecular formula is C23H27N3O. The van der Waals surface area contributed by atoms with Gasteiger partial charge in [0.05, 0.1) is 6.04 Å². The van der Waals surface area contributed by atoms with Crippen LogP contribution in [-0.2, 0) is 11.2 Å². The summed E-state index contributed by atoms with van der Waals surface area (Å²) >= 11 is 0. The molecule has 3 saturated heterocycles. The molecule has 27 heavy (non-hydrogen) atoms. The molecule has 0 radical (unpaired) electrons. The Morgan fingerprint density at radius 2 is 1.67 bits per heavy atom. The third-order valence-corrected chi connectivity index (χ3v) is 6.52. The third-order valence-electron chi connectivity index (χ3n) is 6.52. The molecule has 4 heterocycles. The average Bonchev–Trinajstić information content (AvgIpc) is 2.74. The molecule has 2 aromatic rings. The zero-order valence-corrected chi connectivity index (χ0v) is 15.7. The Hall–Kier alpha value is -2.33. The third kappa shape index (κ3) is 3.12. The summed E-state index contributed by atoms with van der Waals surface area (Å²) in [4.78, 5) is 4.65. The van der Waals surface area contributed by atoms with Crippen molar-refractivity contribution < 1.29 is 4.74 Å². The molecule has 4 aliphatic heterocycles. The minimum Gasteiger partial charge on any atom is -0.460 e. The second-order valence-electron chi connectivity index (χ2n) is 8.05. The smallest absolute Gasteiger partial charge is 0.285 e. The lowest BCUT2D eigenvalue weighted by molar-refractivity contribution is -0.0256. The summed E-state index contributed by atoms with van der Waals surface area (Å²) in [6, 6.07) is 19.6. The minimum absolute atomic E-state index is 0.0599. The molecule has 2 atom stereocenters. The van der Waals surface area contributed by atoms with E-state index in [1.165, 1.54) is 42.6 Å². The van der Waals surface area contributed by atoms with E-state index in [9.17, 15) is 0 Å². The maximum atomic E-state index is 8.81. The molecule has 0 amide bonds. The van der Waals surface area contributed by atoms with Crippen LogP contribution in [0, 0.1) is 11.3 Å². The van der Waals surface area contributed by atoms with Gasteiger partial charge >= 0.3 is 0 Å². The molecule has 2 bridgehead atoms. The monoisotopic (exact) mass is 361 g/mol.